The molecule has 53 heavy (non-hydrogen) atoms. The van der Waals surface area contributed by atoms with E-state index in [1.807, 2.05) is 121 Å². The first kappa shape index (κ1) is 46.4. The summed E-state index contributed by atoms with van der Waals surface area (Å²) in [5.41, 5.74) is 4.35. The highest BCUT2D eigenvalue weighted by Crippen LogP contribution is 2.20. The van der Waals surface area contributed by atoms with Crippen molar-refractivity contribution in [3.05, 3.63) is 144 Å². The third kappa shape index (κ3) is 22.9. The van der Waals surface area contributed by atoms with Crippen LogP contribution in [-0.2, 0) is 59.7 Å². The van der Waals surface area contributed by atoms with Gasteiger partial charge >= 0.3 is 5.97 Å². The van der Waals surface area contributed by atoms with E-state index in [2.05, 4.69) is 47.8 Å². The Bertz CT molecular complexity index is 1440. The average Bonchev–Trinajstić information content (AvgIpc) is 3.13. The summed E-state index contributed by atoms with van der Waals surface area (Å²) in [5, 5.41) is 9.76. The maximum atomic E-state index is 12.2. The number of aliphatic hydroxyl groups excluding tert-OH is 1. The van der Waals surface area contributed by atoms with E-state index in [-0.39, 0.29) is 37.1 Å². The zero-order chi connectivity index (χ0) is 39.0. The zero-order valence-corrected chi connectivity index (χ0v) is 35.6. The van der Waals surface area contributed by atoms with Crippen LogP contribution in [0.3, 0.4) is 0 Å². The number of aliphatic hydroxyl groups is 1. The summed E-state index contributed by atoms with van der Waals surface area (Å²) in [5.74, 6) is -0.339. The standard InChI is InChI=1S/C21H25BrO4.C17H20O3.C4H6Br2O/c1-21(2,22)20(23)26-19(15-24-13-17-9-5-3-6-10-17)16-25-14-18-11-7-4-8-12-18;18-17(13-19-11-15-7-3-1-4-8-15)14-20-12-16-9-5-2-6-10-16;1-4(2,6)3(5)7/h3-12,19H,13-16H2,1-2H3;1-10,17-18H,11-14H2;1-2H3. The summed E-state index contributed by atoms with van der Waals surface area (Å²) in [6.45, 7) is 10.1. The molecule has 288 valence electrons. The normalized spacial score (nSPS) is 11.3. The van der Waals surface area contributed by atoms with Gasteiger partial charge in [0.05, 0.1) is 57.2 Å². The average molecular weight is 924 g/mol. The Morgan fingerprint density at radius 2 is 0.792 bits per heavy atom. The van der Waals surface area contributed by atoms with E-state index in [9.17, 15) is 14.7 Å². The lowest BCUT2D eigenvalue weighted by molar-refractivity contribution is -0.158. The number of alkyl halides is 2. The molecule has 11 heteroatoms. The van der Waals surface area contributed by atoms with Crippen LogP contribution < -0.4 is 0 Å². The summed E-state index contributed by atoms with van der Waals surface area (Å²) in [6, 6.07) is 39.6. The van der Waals surface area contributed by atoms with Crippen molar-refractivity contribution in [2.75, 3.05) is 26.4 Å². The Hall–Kier alpha value is -2.74. The highest BCUT2D eigenvalue weighted by molar-refractivity contribution is 9.20. The molecule has 0 aliphatic carbocycles. The summed E-state index contributed by atoms with van der Waals surface area (Å²) < 4.78 is 26.7. The monoisotopic (exact) mass is 920 g/mol. The number of benzene rings is 4. The predicted octanol–water partition coefficient (Wildman–Crippen LogP) is 9.37. The smallest absolute Gasteiger partial charge is 0.322 e. The van der Waals surface area contributed by atoms with Crippen LogP contribution in [0.25, 0.3) is 0 Å². The lowest BCUT2D eigenvalue weighted by Crippen LogP contribution is -2.35. The summed E-state index contributed by atoms with van der Waals surface area (Å²) >= 11 is 9.28. The maximum absolute atomic E-state index is 12.2. The predicted molar refractivity (Wildman–Crippen MR) is 220 cm³/mol. The Labute approximate surface area is 339 Å². The summed E-state index contributed by atoms with van der Waals surface area (Å²) in [6.07, 6.45) is -1.06. The van der Waals surface area contributed by atoms with Gasteiger partial charge in [-0.2, -0.15) is 0 Å². The van der Waals surface area contributed by atoms with Crippen molar-refractivity contribution in [2.45, 2.75) is 75.0 Å². The topological polar surface area (TPSA) is 101 Å². The van der Waals surface area contributed by atoms with E-state index in [0.29, 0.717) is 26.4 Å². The fraction of sp³-hybridized carbons (Fsp3) is 0.381. The van der Waals surface area contributed by atoms with Gasteiger partial charge in [-0.3, -0.25) is 9.59 Å². The van der Waals surface area contributed by atoms with E-state index in [0.717, 1.165) is 22.3 Å². The Morgan fingerprint density at radius 1 is 0.528 bits per heavy atom. The Balaban J connectivity index is 0.000000318. The first-order valence-corrected chi connectivity index (χ1v) is 19.6. The molecule has 4 aromatic carbocycles. The molecular weight excluding hydrogens is 872 g/mol. The highest BCUT2D eigenvalue weighted by atomic mass is 79.9. The van der Waals surface area contributed by atoms with Crippen molar-refractivity contribution >= 4 is 58.5 Å². The minimum atomic E-state index is -0.746. The molecule has 0 atom stereocenters. The molecule has 0 fully saturated rings. The van der Waals surface area contributed by atoms with Gasteiger partial charge < -0.3 is 28.8 Å². The zero-order valence-electron chi connectivity index (χ0n) is 30.8. The van der Waals surface area contributed by atoms with E-state index < -0.39 is 20.9 Å². The van der Waals surface area contributed by atoms with Crippen molar-refractivity contribution < 1.29 is 38.4 Å². The van der Waals surface area contributed by atoms with Crippen molar-refractivity contribution in [1.29, 1.82) is 0 Å². The molecule has 0 aliphatic heterocycles. The second-order valence-corrected chi connectivity index (χ2v) is 17.6. The number of esters is 1. The van der Waals surface area contributed by atoms with Crippen LogP contribution >= 0.6 is 47.8 Å². The minimum absolute atomic E-state index is 0.0278. The molecule has 0 saturated carbocycles. The second-order valence-electron chi connectivity index (χ2n) is 12.9. The van der Waals surface area contributed by atoms with Gasteiger partial charge in [-0.1, -0.05) is 153 Å². The molecule has 0 aromatic heterocycles. The third-order valence-corrected chi connectivity index (χ3v) is 9.11. The van der Waals surface area contributed by atoms with E-state index in [1.165, 1.54) is 0 Å². The second kappa shape index (κ2) is 26.1. The fourth-order valence-electron chi connectivity index (χ4n) is 3.99. The molecule has 0 unspecified atom stereocenters. The molecule has 0 saturated heterocycles. The number of hydrogen-bond acceptors (Lipinski definition) is 8. The molecule has 0 amide bonds. The molecule has 0 spiro atoms. The minimum Gasteiger partial charge on any atom is -0.456 e. The van der Waals surface area contributed by atoms with Crippen LogP contribution in [0, 0.1) is 0 Å². The molecule has 4 rings (SSSR count). The largest absolute Gasteiger partial charge is 0.456 e. The van der Waals surface area contributed by atoms with Crippen molar-refractivity contribution in [3.63, 3.8) is 0 Å². The van der Waals surface area contributed by atoms with E-state index >= 15 is 0 Å². The third-order valence-electron chi connectivity index (χ3n) is 6.90. The number of ether oxygens (including phenoxy) is 5. The molecule has 1 N–H and O–H groups in total. The Kier molecular flexibility index (Phi) is 22.9. The van der Waals surface area contributed by atoms with E-state index in [4.69, 9.17) is 23.7 Å². The van der Waals surface area contributed by atoms with Crippen LogP contribution in [0.1, 0.15) is 49.9 Å². The van der Waals surface area contributed by atoms with Gasteiger partial charge in [-0.05, 0) is 65.9 Å². The molecule has 8 nitrogen and oxygen atoms in total. The van der Waals surface area contributed by atoms with Crippen LogP contribution in [0.4, 0.5) is 0 Å². The van der Waals surface area contributed by atoms with Crippen LogP contribution in [0.2, 0.25) is 0 Å². The number of rotatable bonds is 19. The van der Waals surface area contributed by atoms with Crippen molar-refractivity contribution in [2.24, 2.45) is 0 Å². The number of hydrogen-bond donors (Lipinski definition) is 1. The maximum Gasteiger partial charge on any atom is 0.322 e. The van der Waals surface area contributed by atoms with E-state index in [1.54, 1.807) is 27.7 Å². The number of carbonyl (C=O) groups is 2. The quantitative estimate of drug-likeness (QED) is 0.0565. The van der Waals surface area contributed by atoms with Gasteiger partial charge in [0.15, 0.2) is 0 Å². The number of halogens is 3. The molecule has 0 bridgehead atoms. The highest BCUT2D eigenvalue weighted by Gasteiger charge is 2.28. The van der Waals surface area contributed by atoms with Gasteiger partial charge in [-0.25, -0.2) is 0 Å². The van der Waals surface area contributed by atoms with Gasteiger partial charge in [0.2, 0.25) is 4.69 Å². The Morgan fingerprint density at radius 3 is 1.04 bits per heavy atom. The molecule has 0 heterocycles. The van der Waals surface area contributed by atoms with Crippen LogP contribution in [0.5, 0.6) is 0 Å². The number of carbonyl (C=O) groups excluding carboxylic acids is 2. The van der Waals surface area contributed by atoms with Crippen molar-refractivity contribution in [1.82, 2.24) is 0 Å². The first-order chi connectivity index (χ1) is 25.2. The van der Waals surface area contributed by atoms with Gasteiger partial charge in [0, 0.05) is 0 Å². The lowest BCUT2D eigenvalue weighted by Gasteiger charge is -2.22. The molecule has 4 aromatic rings. The lowest BCUT2D eigenvalue weighted by atomic mass is 10.2. The van der Waals surface area contributed by atoms with Crippen LogP contribution in [-0.4, -0.2) is 63.1 Å². The fourth-order valence-corrected chi connectivity index (χ4v) is 4.09. The summed E-state index contributed by atoms with van der Waals surface area (Å²) in [4.78, 5) is 22.5. The molecule has 0 aliphatic rings. The van der Waals surface area contributed by atoms with Crippen LogP contribution in [0.15, 0.2) is 121 Å². The van der Waals surface area contributed by atoms with Gasteiger partial charge in [-0.15, -0.1) is 0 Å². The first-order valence-electron chi connectivity index (χ1n) is 17.2. The molecule has 0 radical (unpaired) electrons. The summed E-state index contributed by atoms with van der Waals surface area (Å²) in [7, 11) is 0. The SMILES string of the molecule is CC(C)(Br)C(=O)Br.CC(C)(Br)C(=O)OC(COCc1ccccc1)COCc1ccccc1.OC(COCc1ccccc1)COCc1ccccc1. The molecular formula is C42H51Br3O8. The van der Waals surface area contributed by atoms with Crippen molar-refractivity contribution in [3.8, 4) is 0 Å². The van der Waals surface area contributed by atoms with Gasteiger partial charge in [0.25, 0.3) is 0 Å². The van der Waals surface area contributed by atoms with Gasteiger partial charge in [0.1, 0.15) is 16.5 Å².